The minimum absolute atomic E-state index is 0.311. The summed E-state index contributed by atoms with van der Waals surface area (Å²) in [6.07, 6.45) is 0. The zero-order valence-corrected chi connectivity index (χ0v) is 17.2. The third kappa shape index (κ3) is 5.03. The second-order valence-corrected chi connectivity index (χ2v) is 6.90. The molecule has 0 spiro atoms. The molecule has 0 fully saturated rings. The van der Waals surface area contributed by atoms with Crippen molar-refractivity contribution < 1.29 is 14.2 Å². The van der Waals surface area contributed by atoms with Crippen LogP contribution < -0.4 is 19.5 Å². The fourth-order valence-electron chi connectivity index (χ4n) is 2.72. The van der Waals surface area contributed by atoms with Crippen LogP contribution in [-0.2, 0) is 13.2 Å². The van der Waals surface area contributed by atoms with E-state index in [1.807, 2.05) is 48.5 Å². The van der Waals surface area contributed by atoms with Gasteiger partial charge in [-0.2, -0.15) is 0 Å². The first-order valence-corrected chi connectivity index (χ1v) is 9.47. The fourth-order valence-corrected chi connectivity index (χ4v) is 3.18. The monoisotopic (exact) mass is 417 g/mol. The van der Waals surface area contributed by atoms with E-state index in [-0.39, 0.29) is 0 Å². The van der Waals surface area contributed by atoms with Crippen LogP contribution >= 0.6 is 23.2 Å². The zero-order valence-electron chi connectivity index (χ0n) is 15.7. The molecule has 3 aromatic rings. The largest absolute Gasteiger partial charge is 0.497 e. The average Bonchev–Trinajstić information content (AvgIpc) is 2.72. The van der Waals surface area contributed by atoms with Crippen molar-refractivity contribution in [2.75, 3.05) is 19.5 Å². The summed E-state index contributed by atoms with van der Waals surface area (Å²) in [4.78, 5) is 0. The van der Waals surface area contributed by atoms with Gasteiger partial charge in [-0.3, -0.25) is 0 Å². The molecule has 146 valence electrons. The third-order valence-corrected chi connectivity index (χ3v) is 4.83. The van der Waals surface area contributed by atoms with Gasteiger partial charge in [0.25, 0.3) is 0 Å². The topological polar surface area (TPSA) is 39.7 Å². The second-order valence-electron chi connectivity index (χ2n) is 6.05. The van der Waals surface area contributed by atoms with Crippen molar-refractivity contribution in [3.05, 3.63) is 81.8 Å². The highest BCUT2D eigenvalue weighted by Crippen LogP contribution is 2.33. The summed E-state index contributed by atoms with van der Waals surface area (Å²) in [7, 11) is 3.27. The van der Waals surface area contributed by atoms with E-state index in [1.54, 1.807) is 26.4 Å². The summed E-state index contributed by atoms with van der Waals surface area (Å²) in [5.74, 6) is 2.16. The molecule has 0 aliphatic rings. The SMILES string of the molecule is COc1ccc(NCc2cccc(OC)c2OCc2ccc(Cl)cc2Cl)cc1. The van der Waals surface area contributed by atoms with Crippen molar-refractivity contribution in [1.82, 2.24) is 0 Å². The highest BCUT2D eigenvalue weighted by atomic mass is 35.5. The Kier molecular flexibility index (Phi) is 6.90. The Labute approximate surface area is 175 Å². The van der Waals surface area contributed by atoms with Crippen LogP contribution in [0, 0.1) is 0 Å². The normalized spacial score (nSPS) is 10.4. The Morgan fingerprint density at radius 1 is 0.857 bits per heavy atom. The summed E-state index contributed by atoms with van der Waals surface area (Å²) < 4.78 is 16.8. The van der Waals surface area contributed by atoms with Crippen LogP contribution in [0.15, 0.2) is 60.7 Å². The van der Waals surface area contributed by atoms with Crippen molar-refractivity contribution in [3.63, 3.8) is 0 Å². The highest BCUT2D eigenvalue weighted by Gasteiger charge is 2.12. The van der Waals surface area contributed by atoms with Gasteiger partial charge < -0.3 is 19.5 Å². The number of nitrogens with one attached hydrogen (secondary N) is 1. The van der Waals surface area contributed by atoms with Crippen LogP contribution in [0.5, 0.6) is 17.2 Å². The molecule has 6 heteroatoms. The number of methoxy groups -OCH3 is 2. The quantitative estimate of drug-likeness (QED) is 0.473. The summed E-state index contributed by atoms with van der Waals surface area (Å²) in [6.45, 7) is 0.888. The fraction of sp³-hybridized carbons (Fsp3) is 0.182. The van der Waals surface area contributed by atoms with Crippen LogP contribution in [0.1, 0.15) is 11.1 Å². The summed E-state index contributed by atoms with van der Waals surface area (Å²) in [5.41, 5.74) is 2.81. The van der Waals surface area contributed by atoms with Gasteiger partial charge in [0.05, 0.1) is 14.2 Å². The van der Waals surface area contributed by atoms with Gasteiger partial charge in [0, 0.05) is 33.4 Å². The Morgan fingerprint density at radius 3 is 2.32 bits per heavy atom. The first-order chi connectivity index (χ1) is 13.6. The number of benzene rings is 3. The van der Waals surface area contributed by atoms with Gasteiger partial charge in [-0.05, 0) is 42.5 Å². The molecule has 0 saturated heterocycles. The van der Waals surface area contributed by atoms with Crippen molar-refractivity contribution in [1.29, 1.82) is 0 Å². The Balaban J connectivity index is 1.75. The van der Waals surface area contributed by atoms with Gasteiger partial charge in [-0.15, -0.1) is 0 Å². The van der Waals surface area contributed by atoms with Crippen molar-refractivity contribution in [2.24, 2.45) is 0 Å². The molecule has 0 unspecified atom stereocenters. The molecule has 0 aliphatic heterocycles. The molecular weight excluding hydrogens is 397 g/mol. The molecule has 28 heavy (non-hydrogen) atoms. The molecule has 0 amide bonds. The van der Waals surface area contributed by atoms with Crippen LogP contribution in [0.25, 0.3) is 0 Å². The molecule has 0 aromatic heterocycles. The van der Waals surface area contributed by atoms with Crippen molar-refractivity contribution in [3.8, 4) is 17.2 Å². The average molecular weight is 418 g/mol. The smallest absolute Gasteiger partial charge is 0.166 e. The highest BCUT2D eigenvalue weighted by molar-refractivity contribution is 6.35. The Morgan fingerprint density at radius 2 is 1.64 bits per heavy atom. The van der Waals surface area contributed by atoms with Crippen LogP contribution in [-0.4, -0.2) is 14.2 Å². The van der Waals surface area contributed by atoms with E-state index in [2.05, 4.69) is 5.32 Å². The predicted octanol–water partition coefficient (Wildman–Crippen LogP) is 6.20. The van der Waals surface area contributed by atoms with Gasteiger partial charge in [0.15, 0.2) is 11.5 Å². The van der Waals surface area contributed by atoms with Gasteiger partial charge >= 0.3 is 0 Å². The molecule has 0 saturated carbocycles. The number of rotatable bonds is 8. The van der Waals surface area contributed by atoms with Gasteiger partial charge in [0.1, 0.15) is 12.4 Å². The molecule has 3 aromatic carbocycles. The lowest BCUT2D eigenvalue weighted by molar-refractivity contribution is 0.282. The lowest BCUT2D eigenvalue weighted by Crippen LogP contribution is -2.05. The lowest BCUT2D eigenvalue weighted by atomic mass is 10.1. The third-order valence-electron chi connectivity index (χ3n) is 4.24. The van der Waals surface area contributed by atoms with E-state index in [9.17, 15) is 0 Å². The van der Waals surface area contributed by atoms with Gasteiger partial charge in [-0.25, -0.2) is 0 Å². The molecule has 0 radical (unpaired) electrons. The van der Waals surface area contributed by atoms with E-state index in [0.29, 0.717) is 34.7 Å². The summed E-state index contributed by atoms with van der Waals surface area (Å²) in [5, 5.41) is 4.55. The van der Waals surface area contributed by atoms with E-state index >= 15 is 0 Å². The predicted molar refractivity (Wildman–Crippen MR) is 114 cm³/mol. The zero-order chi connectivity index (χ0) is 19.9. The molecule has 0 heterocycles. The number of anilines is 1. The Hall–Kier alpha value is -2.56. The molecule has 1 N–H and O–H groups in total. The summed E-state index contributed by atoms with van der Waals surface area (Å²) >= 11 is 12.2. The first kappa shape index (κ1) is 20.2. The molecule has 3 rings (SSSR count). The van der Waals surface area contributed by atoms with Gasteiger partial charge in [-0.1, -0.05) is 41.4 Å². The van der Waals surface area contributed by atoms with Gasteiger partial charge in [0.2, 0.25) is 0 Å². The van der Waals surface area contributed by atoms with Crippen molar-refractivity contribution >= 4 is 28.9 Å². The number of hydrogen-bond acceptors (Lipinski definition) is 4. The minimum atomic E-state index is 0.311. The lowest BCUT2D eigenvalue weighted by Gasteiger charge is -2.16. The van der Waals surface area contributed by atoms with Crippen LogP contribution in [0.3, 0.4) is 0 Å². The van der Waals surface area contributed by atoms with E-state index < -0.39 is 0 Å². The number of halogens is 2. The number of para-hydroxylation sites is 1. The summed E-state index contributed by atoms with van der Waals surface area (Å²) in [6, 6.07) is 18.9. The molecule has 0 aliphatic carbocycles. The Bertz CT molecular complexity index is 930. The molecular formula is C22H21Cl2NO3. The second kappa shape index (κ2) is 9.58. The minimum Gasteiger partial charge on any atom is -0.497 e. The van der Waals surface area contributed by atoms with Crippen molar-refractivity contribution in [2.45, 2.75) is 13.2 Å². The number of ether oxygens (including phenoxy) is 3. The maximum absolute atomic E-state index is 6.26. The molecule has 0 atom stereocenters. The van der Waals surface area contributed by atoms with Crippen LogP contribution in [0.2, 0.25) is 10.0 Å². The van der Waals surface area contributed by atoms with E-state index in [4.69, 9.17) is 37.4 Å². The maximum atomic E-state index is 6.26. The standard InChI is InChI=1S/C22H21Cl2NO3/c1-26-19-10-8-18(9-11-19)25-13-15-4-3-5-21(27-2)22(15)28-14-16-6-7-17(23)12-20(16)24/h3-12,25H,13-14H2,1-2H3. The molecule has 4 nitrogen and oxygen atoms in total. The van der Waals surface area contributed by atoms with E-state index in [0.717, 1.165) is 22.6 Å². The maximum Gasteiger partial charge on any atom is 0.166 e. The first-order valence-electron chi connectivity index (χ1n) is 8.71. The van der Waals surface area contributed by atoms with E-state index in [1.165, 1.54) is 0 Å². The van der Waals surface area contributed by atoms with Crippen LogP contribution in [0.4, 0.5) is 5.69 Å². The number of hydrogen-bond donors (Lipinski definition) is 1. The molecule has 0 bridgehead atoms.